The summed E-state index contributed by atoms with van der Waals surface area (Å²) in [6.45, 7) is 0. The van der Waals surface area contributed by atoms with Crippen LogP contribution in [0, 0.1) is 0 Å². The van der Waals surface area contributed by atoms with Gasteiger partial charge in [-0.1, -0.05) is 234 Å². The molecular weight excluding hydrogens is 919 g/mol. The smallest absolute Gasteiger partial charge is 0.423 e. The van der Waals surface area contributed by atoms with Crippen LogP contribution in [0.25, 0.3) is 90.4 Å². The molecule has 0 atom stereocenters. The third kappa shape index (κ3) is 10.3. The minimum absolute atomic E-state index is 0.490. The first-order valence-electron chi connectivity index (χ1n) is 23.3. The molecule has 336 valence electrons. The number of aromatic nitrogens is 2. The van der Waals surface area contributed by atoms with E-state index in [0.717, 1.165) is 21.2 Å². The molecule has 4 nitrogen and oxygen atoms in total. The molecule has 10 aromatic carbocycles. The fraction of sp³-hybridized carbons (Fsp3) is 0. The summed E-state index contributed by atoms with van der Waals surface area (Å²) < 4.78 is 5.66. The van der Waals surface area contributed by atoms with Crippen molar-refractivity contribution in [3.63, 3.8) is 0 Å². The van der Waals surface area contributed by atoms with E-state index in [1.165, 1.54) is 71.6 Å². The molecule has 0 aliphatic carbocycles. The van der Waals surface area contributed by atoms with Crippen LogP contribution in [0.1, 0.15) is 22.3 Å². The normalized spacial score (nSPS) is 11.2. The number of hydrogen-bond donors (Lipinski definition) is 2. The molecule has 12 aromatic rings. The summed E-state index contributed by atoms with van der Waals surface area (Å²) in [5.41, 5.74) is 14.7. The van der Waals surface area contributed by atoms with Crippen LogP contribution in [0.3, 0.4) is 0 Å². The SMILES string of the molecule is Brc1ccc(/C=C/c2ccccc2)cc1.C(=C\c1ccc(-c2ccc(-n3c4ccccc4c4ccccc43)cc2)cc1)/c1ccccc1.OB(O)c1ccc(-n2c3ccccc3c3ccccc32)cc1. The summed E-state index contributed by atoms with van der Waals surface area (Å²) >= 11 is 3.42. The van der Waals surface area contributed by atoms with Crippen molar-refractivity contribution in [3.05, 3.63) is 282 Å². The summed E-state index contributed by atoms with van der Waals surface area (Å²) in [5, 5.41) is 23.5. The molecule has 12 rings (SSSR count). The summed E-state index contributed by atoms with van der Waals surface area (Å²) in [7, 11) is -1.44. The van der Waals surface area contributed by atoms with E-state index in [0.29, 0.717) is 5.46 Å². The molecule has 6 heteroatoms. The molecule has 2 heterocycles. The average Bonchev–Trinajstić information content (AvgIpc) is 3.94. The number of hydrogen-bond acceptors (Lipinski definition) is 2. The predicted molar refractivity (Wildman–Crippen MR) is 302 cm³/mol. The third-order valence-electron chi connectivity index (χ3n) is 12.4. The second kappa shape index (κ2) is 21.4. The summed E-state index contributed by atoms with van der Waals surface area (Å²) in [4.78, 5) is 0. The number of benzene rings is 10. The number of rotatable bonds is 8. The zero-order valence-electron chi connectivity index (χ0n) is 38.3. The Hall–Kier alpha value is -8.26. The van der Waals surface area contributed by atoms with Crippen molar-refractivity contribution in [2.75, 3.05) is 0 Å². The van der Waals surface area contributed by atoms with Crippen molar-refractivity contribution in [3.8, 4) is 22.5 Å². The molecule has 2 N–H and O–H groups in total. The maximum atomic E-state index is 9.24. The molecule has 0 aliphatic heterocycles. The third-order valence-corrected chi connectivity index (χ3v) is 12.9. The van der Waals surface area contributed by atoms with Gasteiger partial charge in [0.25, 0.3) is 0 Å². The number of nitrogens with zero attached hydrogens (tertiary/aromatic N) is 2. The molecule has 0 saturated heterocycles. The largest absolute Gasteiger partial charge is 0.488 e. The molecule has 0 radical (unpaired) electrons. The van der Waals surface area contributed by atoms with Crippen LogP contribution in [-0.2, 0) is 0 Å². The van der Waals surface area contributed by atoms with Gasteiger partial charge in [0.1, 0.15) is 0 Å². The van der Waals surface area contributed by atoms with Crippen molar-refractivity contribution < 1.29 is 10.0 Å². The molecule has 0 bridgehead atoms. The van der Waals surface area contributed by atoms with Gasteiger partial charge in [-0.25, -0.2) is 0 Å². The van der Waals surface area contributed by atoms with Crippen LogP contribution >= 0.6 is 15.9 Å². The Morgan fingerprint density at radius 2 is 0.586 bits per heavy atom. The van der Waals surface area contributed by atoms with Crippen LogP contribution in [-0.4, -0.2) is 26.3 Å². The van der Waals surface area contributed by atoms with Crippen LogP contribution in [0.15, 0.2) is 259 Å². The van der Waals surface area contributed by atoms with Crippen LogP contribution in [0.5, 0.6) is 0 Å². The zero-order valence-corrected chi connectivity index (χ0v) is 39.9. The second-order valence-corrected chi connectivity index (χ2v) is 17.8. The number of para-hydroxylation sites is 4. The summed E-state index contributed by atoms with van der Waals surface area (Å²) in [6, 6.07) is 87.7. The molecule has 0 aliphatic rings. The minimum atomic E-state index is -1.44. The first-order valence-corrected chi connectivity index (χ1v) is 24.1. The Bertz CT molecular complexity index is 3600. The molecule has 0 unspecified atom stereocenters. The van der Waals surface area contributed by atoms with E-state index in [4.69, 9.17) is 0 Å². The topological polar surface area (TPSA) is 50.3 Å². The fourth-order valence-corrected chi connectivity index (χ4v) is 9.14. The Balaban J connectivity index is 0.000000132. The zero-order chi connectivity index (χ0) is 47.7. The van der Waals surface area contributed by atoms with E-state index in [2.05, 4.69) is 219 Å². The predicted octanol–water partition coefficient (Wildman–Crippen LogP) is 15.7. The maximum absolute atomic E-state index is 9.24. The Morgan fingerprint density at radius 1 is 0.300 bits per heavy atom. The highest BCUT2D eigenvalue weighted by Crippen LogP contribution is 2.34. The lowest BCUT2D eigenvalue weighted by Gasteiger charge is -2.09. The van der Waals surface area contributed by atoms with Crippen molar-refractivity contribution in [1.82, 2.24) is 9.13 Å². The lowest BCUT2D eigenvalue weighted by molar-refractivity contribution is 0.426. The van der Waals surface area contributed by atoms with Crippen molar-refractivity contribution >= 4 is 96.4 Å². The molecule has 0 amide bonds. The van der Waals surface area contributed by atoms with Crippen molar-refractivity contribution in [2.45, 2.75) is 0 Å². The number of halogens is 1. The monoisotopic (exact) mass is 966 g/mol. The van der Waals surface area contributed by atoms with Gasteiger partial charge in [-0.05, 0) is 99.5 Å². The highest BCUT2D eigenvalue weighted by atomic mass is 79.9. The standard InChI is InChI=1S/C32H23N.C18H14BNO2.C14H11Br/c1-2-8-24(9-3-1)14-15-25-16-18-26(19-17-25)27-20-22-28(23-21-27)33-31-12-6-4-10-29(31)30-11-5-7-13-32(30)33;21-19(22)13-9-11-14(12-10-13)20-17-7-3-1-5-15(17)16-6-2-4-8-18(16)20;15-14-10-8-13(9-11-14)7-6-12-4-2-1-3-5-12/h1-23H;1-12,21-22H;1-11H/b15-14+;;7-6+. The molecule has 2 aromatic heterocycles. The molecular formula is C64H48BBrN2O2. The lowest BCUT2D eigenvalue weighted by atomic mass is 9.80. The highest BCUT2D eigenvalue weighted by Gasteiger charge is 2.14. The van der Waals surface area contributed by atoms with E-state index in [9.17, 15) is 10.0 Å². The average molecular weight is 968 g/mol. The molecule has 0 spiro atoms. The Morgan fingerprint density at radius 3 is 0.943 bits per heavy atom. The first-order chi connectivity index (χ1) is 34.5. The summed E-state index contributed by atoms with van der Waals surface area (Å²) in [5.74, 6) is 0. The molecule has 0 fully saturated rings. The van der Waals surface area contributed by atoms with Gasteiger partial charge >= 0.3 is 7.12 Å². The van der Waals surface area contributed by atoms with Gasteiger partial charge in [0.05, 0.1) is 22.1 Å². The first kappa shape index (κ1) is 45.5. The van der Waals surface area contributed by atoms with Gasteiger partial charge in [-0.15, -0.1) is 0 Å². The fourth-order valence-electron chi connectivity index (χ4n) is 8.87. The second-order valence-electron chi connectivity index (χ2n) is 16.9. The highest BCUT2D eigenvalue weighted by molar-refractivity contribution is 9.10. The minimum Gasteiger partial charge on any atom is -0.423 e. The molecule has 70 heavy (non-hydrogen) atoms. The Kier molecular flexibility index (Phi) is 13.9. The maximum Gasteiger partial charge on any atom is 0.488 e. The summed E-state index contributed by atoms with van der Waals surface area (Å²) in [6.07, 6.45) is 8.53. The van der Waals surface area contributed by atoms with E-state index in [1.54, 1.807) is 12.1 Å². The molecule has 0 saturated carbocycles. The van der Waals surface area contributed by atoms with Gasteiger partial charge in [0.15, 0.2) is 0 Å². The van der Waals surface area contributed by atoms with Gasteiger partial charge < -0.3 is 19.2 Å². The van der Waals surface area contributed by atoms with Crippen molar-refractivity contribution in [1.29, 1.82) is 0 Å². The van der Waals surface area contributed by atoms with E-state index in [1.807, 2.05) is 72.8 Å². The number of fused-ring (bicyclic) bond motifs is 6. The quantitative estimate of drug-likeness (QED) is 0.118. The Labute approximate surface area is 417 Å². The van der Waals surface area contributed by atoms with Gasteiger partial charge in [-0.3, -0.25) is 0 Å². The van der Waals surface area contributed by atoms with E-state index >= 15 is 0 Å². The van der Waals surface area contributed by atoms with Crippen LogP contribution < -0.4 is 5.46 Å². The van der Waals surface area contributed by atoms with Gasteiger partial charge in [-0.2, -0.15) is 0 Å². The van der Waals surface area contributed by atoms with E-state index in [-0.39, 0.29) is 0 Å². The van der Waals surface area contributed by atoms with Crippen LogP contribution in [0.4, 0.5) is 0 Å². The van der Waals surface area contributed by atoms with Gasteiger partial charge in [0.2, 0.25) is 0 Å². The van der Waals surface area contributed by atoms with Gasteiger partial charge in [0, 0.05) is 37.4 Å². The van der Waals surface area contributed by atoms with E-state index < -0.39 is 7.12 Å². The van der Waals surface area contributed by atoms with Crippen LogP contribution in [0.2, 0.25) is 0 Å². The van der Waals surface area contributed by atoms with Crippen molar-refractivity contribution in [2.24, 2.45) is 0 Å². The lowest BCUT2D eigenvalue weighted by Crippen LogP contribution is -2.29.